The quantitative estimate of drug-likeness (QED) is 0.687. The molecule has 0 fully saturated rings. The normalized spacial score (nSPS) is 10.2. The van der Waals surface area contributed by atoms with Gasteiger partial charge in [0.05, 0.1) is 12.2 Å². The zero-order chi connectivity index (χ0) is 14.8. The summed E-state index contributed by atoms with van der Waals surface area (Å²) >= 11 is 1.63. The second kappa shape index (κ2) is 9.42. The molecule has 1 aromatic carbocycles. The minimum atomic E-state index is -0.862. The molecule has 1 aromatic rings. The molecule has 1 amide bonds. The molecule has 0 spiro atoms. The first-order valence-electron chi connectivity index (χ1n) is 6.76. The van der Waals surface area contributed by atoms with Crippen molar-refractivity contribution in [2.75, 3.05) is 11.5 Å². The Labute approximate surface area is 124 Å². The van der Waals surface area contributed by atoms with Crippen molar-refractivity contribution in [1.29, 1.82) is 0 Å². The summed E-state index contributed by atoms with van der Waals surface area (Å²) in [6.07, 6.45) is 2.24. The lowest BCUT2D eigenvalue weighted by atomic mass is 10.0. The Balaban J connectivity index is 2.41. The Hall–Kier alpha value is -1.49. The number of nitrogens with one attached hydrogen (secondary N) is 1. The SMILES string of the molecule is CCCCSCC(=O)NCc1ccccc1CC(=O)O. The average Bonchev–Trinajstić information content (AvgIpc) is 2.42. The van der Waals surface area contributed by atoms with E-state index < -0.39 is 5.97 Å². The van der Waals surface area contributed by atoms with Gasteiger partial charge in [0.25, 0.3) is 0 Å². The number of benzene rings is 1. The van der Waals surface area contributed by atoms with Gasteiger partial charge >= 0.3 is 5.97 Å². The summed E-state index contributed by atoms with van der Waals surface area (Å²) in [5, 5.41) is 11.7. The third-order valence-electron chi connectivity index (χ3n) is 2.81. The van der Waals surface area contributed by atoms with Gasteiger partial charge in [-0.3, -0.25) is 9.59 Å². The standard InChI is InChI=1S/C15H21NO3S/c1-2-3-8-20-11-14(17)16-10-13-7-5-4-6-12(13)9-15(18)19/h4-7H,2-3,8-11H2,1H3,(H,16,17)(H,18,19). The topological polar surface area (TPSA) is 66.4 Å². The van der Waals surface area contributed by atoms with Crippen LogP contribution in [-0.2, 0) is 22.6 Å². The van der Waals surface area contributed by atoms with Gasteiger partial charge in [-0.15, -0.1) is 0 Å². The van der Waals surface area contributed by atoms with E-state index in [1.165, 1.54) is 0 Å². The monoisotopic (exact) mass is 295 g/mol. The fourth-order valence-electron chi connectivity index (χ4n) is 1.72. The summed E-state index contributed by atoms with van der Waals surface area (Å²) in [7, 11) is 0. The molecule has 0 radical (unpaired) electrons. The van der Waals surface area contributed by atoms with Crippen molar-refractivity contribution in [1.82, 2.24) is 5.32 Å². The fraction of sp³-hybridized carbons (Fsp3) is 0.467. The zero-order valence-corrected chi connectivity index (χ0v) is 12.5. The van der Waals surface area contributed by atoms with Crippen LogP contribution < -0.4 is 5.32 Å². The van der Waals surface area contributed by atoms with Crippen LogP contribution in [0.25, 0.3) is 0 Å². The Morgan fingerprint density at radius 3 is 2.60 bits per heavy atom. The van der Waals surface area contributed by atoms with E-state index in [2.05, 4.69) is 12.2 Å². The molecule has 0 atom stereocenters. The van der Waals surface area contributed by atoms with Crippen LogP contribution in [0.5, 0.6) is 0 Å². The van der Waals surface area contributed by atoms with E-state index in [-0.39, 0.29) is 12.3 Å². The molecule has 0 heterocycles. The first-order valence-corrected chi connectivity index (χ1v) is 7.92. The van der Waals surface area contributed by atoms with E-state index in [1.54, 1.807) is 17.8 Å². The molecule has 0 saturated heterocycles. The molecule has 4 nitrogen and oxygen atoms in total. The zero-order valence-electron chi connectivity index (χ0n) is 11.7. The van der Waals surface area contributed by atoms with Crippen molar-refractivity contribution >= 4 is 23.6 Å². The number of carboxylic acids is 1. The number of rotatable bonds is 9. The van der Waals surface area contributed by atoms with Crippen LogP contribution in [0, 0.1) is 0 Å². The smallest absolute Gasteiger partial charge is 0.307 e. The average molecular weight is 295 g/mol. The number of thioether (sulfide) groups is 1. The number of carboxylic acid groups (broad SMARTS) is 1. The van der Waals surface area contributed by atoms with Gasteiger partial charge in [-0.05, 0) is 23.3 Å². The molecule has 0 saturated carbocycles. The lowest BCUT2D eigenvalue weighted by Gasteiger charge is -2.09. The van der Waals surface area contributed by atoms with Crippen LogP contribution in [0.2, 0.25) is 0 Å². The Bertz CT molecular complexity index is 448. The lowest BCUT2D eigenvalue weighted by molar-refractivity contribution is -0.136. The van der Waals surface area contributed by atoms with Crippen molar-refractivity contribution < 1.29 is 14.7 Å². The molecular weight excluding hydrogens is 274 g/mol. The van der Waals surface area contributed by atoms with Gasteiger partial charge < -0.3 is 10.4 Å². The summed E-state index contributed by atoms with van der Waals surface area (Å²) in [6, 6.07) is 7.29. The molecule has 0 aliphatic carbocycles. The molecular formula is C15H21NO3S. The maximum atomic E-state index is 11.7. The third kappa shape index (κ3) is 6.61. The summed E-state index contributed by atoms with van der Waals surface area (Å²) < 4.78 is 0. The van der Waals surface area contributed by atoms with Crippen LogP contribution in [0.1, 0.15) is 30.9 Å². The fourth-order valence-corrected chi connectivity index (χ4v) is 2.65. The number of hydrogen-bond donors (Lipinski definition) is 2. The largest absolute Gasteiger partial charge is 0.481 e. The highest BCUT2D eigenvalue weighted by molar-refractivity contribution is 7.99. The summed E-state index contributed by atoms with van der Waals surface area (Å²) in [6.45, 7) is 2.51. The molecule has 20 heavy (non-hydrogen) atoms. The van der Waals surface area contributed by atoms with Gasteiger partial charge in [0, 0.05) is 6.54 Å². The maximum absolute atomic E-state index is 11.7. The minimum Gasteiger partial charge on any atom is -0.481 e. The lowest BCUT2D eigenvalue weighted by Crippen LogP contribution is -2.25. The first kappa shape index (κ1) is 16.6. The van der Waals surface area contributed by atoms with Gasteiger partial charge in [-0.25, -0.2) is 0 Å². The second-order valence-corrected chi connectivity index (χ2v) is 5.63. The molecule has 2 N–H and O–H groups in total. The van der Waals surface area contributed by atoms with Crippen molar-refractivity contribution in [3.8, 4) is 0 Å². The van der Waals surface area contributed by atoms with E-state index in [0.29, 0.717) is 12.3 Å². The Kier molecular flexibility index (Phi) is 7.80. The number of aliphatic carboxylic acids is 1. The van der Waals surface area contributed by atoms with Crippen LogP contribution in [0.15, 0.2) is 24.3 Å². The Morgan fingerprint density at radius 2 is 1.95 bits per heavy atom. The molecule has 0 unspecified atom stereocenters. The van der Waals surface area contributed by atoms with Gasteiger partial charge in [-0.1, -0.05) is 37.6 Å². The van der Waals surface area contributed by atoms with E-state index in [4.69, 9.17) is 5.11 Å². The summed E-state index contributed by atoms with van der Waals surface area (Å²) in [5.41, 5.74) is 1.61. The number of amides is 1. The maximum Gasteiger partial charge on any atom is 0.307 e. The predicted octanol–water partition coefficient (Wildman–Crippen LogP) is 2.46. The molecule has 0 aliphatic rings. The number of hydrogen-bond acceptors (Lipinski definition) is 3. The van der Waals surface area contributed by atoms with Gasteiger partial charge in [-0.2, -0.15) is 11.8 Å². The van der Waals surface area contributed by atoms with Crippen LogP contribution in [0.4, 0.5) is 0 Å². The molecule has 0 aliphatic heterocycles. The highest BCUT2D eigenvalue weighted by Crippen LogP contribution is 2.10. The van der Waals surface area contributed by atoms with Gasteiger partial charge in [0.2, 0.25) is 5.91 Å². The van der Waals surface area contributed by atoms with E-state index in [0.717, 1.165) is 29.7 Å². The van der Waals surface area contributed by atoms with E-state index in [9.17, 15) is 9.59 Å². The highest BCUT2D eigenvalue weighted by atomic mass is 32.2. The number of carbonyl (C=O) groups excluding carboxylic acids is 1. The van der Waals surface area contributed by atoms with Crippen LogP contribution in [0.3, 0.4) is 0 Å². The first-order chi connectivity index (χ1) is 9.63. The second-order valence-electron chi connectivity index (χ2n) is 4.52. The highest BCUT2D eigenvalue weighted by Gasteiger charge is 2.07. The van der Waals surface area contributed by atoms with E-state index >= 15 is 0 Å². The molecule has 110 valence electrons. The molecule has 0 aromatic heterocycles. The van der Waals surface area contributed by atoms with Gasteiger partial charge in [0.15, 0.2) is 0 Å². The van der Waals surface area contributed by atoms with Crippen LogP contribution in [-0.4, -0.2) is 28.5 Å². The minimum absolute atomic E-state index is 0.00349. The van der Waals surface area contributed by atoms with Crippen molar-refractivity contribution in [3.05, 3.63) is 35.4 Å². The Morgan fingerprint density at radius 1 is 1.25 bits per heavy atom. The van der Waals surface area contributed by atoms with Gasteiger partial charge in [0.1, 0.15) is 0 Å². The third-order valence-corrected chi connectivity index (χ3v) is 3.86. The predicted molar refractivity (Wildman–Crippen MR) is 81.9 cm³/mol. The van der Waals surface area contributed by atoms with Crippen molar-refractivity contribution in [3.63, 3.8) is 0 Å². The van der Waals surface area contributed by atoms with Crippen molar-refractivity contribution in [2.45, 2.75) is 32.7 Å². The molecule has 0 bridgehead atoms. The summed E-state index contributed by atoms with van der Waals surface area (Å²) in [4.78, 5) is 22.4. The molecule has 5 heteroatoms. The number of unbranched alkanes of at least 4 members (excludes halogenated alkanes) is 1. The van der Waals surface area contributed by atoms with Crippen molar-refractivity contribution in [2.24, 2.45) is 0 Å². The van der Waals surface area contributed by atoms with Crippen LogP contribution >= 0.6 is 11.8 Å². The molecule has 1 rings (SSSR count). The van der Waals surface area contributed by atoms with E-state index in [1.807, 2.05) is 18.2 Å². The summed E-state index contributed by atoms with van der Waals surface area (Å²) in [5.74, 6) is 0.593. The number of carbonyl (C=O) groups is 2.